The summed E-state index contributed by atoms with van der Waals surface area (Å²) in [6, 6.07) is 6.82. The van der Waals surface area contributed by atoms with E-state index in [1.54, 1.807) is 0 Å². The van der Waals surface area contributed by atoms with E-state index in [4.69, 9.17) is 11.6 Å². The minimum atomic E-state index is 0.476. The van der Waals surface area contributed by atoms with Crippen LogP contribution in [0.5, 0.6) is 0 Å². The van der Waals surface area contributed by atoms with E-state index in [1.165, 1.54) is 48.3 Å². The number of fused-ring (bicyclic) bond motifs is 1. The Morgan fingerprint density at radius 1 is 1.40 bits per heavy atom. The molecule has 1 nitrogen and oxygen atoms in total. The Morgan fingerprint density at radius 2 is 2.20 bits per heavy atom. The molecule has 3 rings (SSSR count). The molecule has 0 radical (unpaired) electrons. The maximum atomic E-state index is 6.18. The number of benzene rings is 1. The quantitative estimate of drug-likeness (QED) is 0.822. The molecule has 1 aromatic carbocycles. The second kappa shape index (κ2) is 6.51. The van der Waals surface area contributed by atoms with Crippen LogP contribution in [0.3, 0.4) is 0 Å². The lowest BCUT2D eigenvalue weighted by Crippen LogP contribution is -2.38. The fourth-order valence-corrected chi connectivity index (χ4v) is 5.57. The highest BCUT2D eigenvalue weighted by atomic mass is 35.5. The molecule has 1 aliphatic carbocycles. The van der Waals surface area contributed by atoms with Crippen LogP contribution in [0.2, 0.25) is 5.02 Å². The molecule has 110 valence electrons. The third-order valence-electron chi connectivity index (χ3n) is 4.63. The van der Waals surface area contributed by atoms with Crippen LogP contribution in [-0.4, -0.2) is 23.3 Å². The van der Waals surface area contributed by atoms with Gasteiger partial charge in [-0.3, -0.25) is 0 Å². The van der Waals surface area contributed by atoms with Gasteiger partial charge in [0, 0.05) is 27.3 Å². The van der Waals surface area contributed by atoms with E-state index in [1.807, 2.05) is 17.8 Å². The molecular formula is C16H22ClNS2. The predicted octanol–water partition coefficient (Wildman–Crippen LogP) is 5.14. The highest BCUT2D eigenvalue weighted by Crippen LogP contribution is 2.42. The summed E-state index contributed by atoms with van der Waals surface area (Å²) in [6.07, 6.45) is 9.00. The Kier molecular flexibility index (Phi) is 4.91. The molecule has 0 bridgehead atoms. The summed E-state index contributed by atoms with van der Waals surface area (Å²) in [6.45, 7) is 1.13. The lowest BCUT2D eigenvalue weighted by atomic mass is 10.0. The largest absolute Gasteiger partial charge is 0.308 e. The summed E-state index contributed by atoms with van der Waals surface area (Å²) < 4.78 is 0.476. The Labute approximate surface area is 135 Å². The highest BCUT2D eigenvalue weighted by Gasteiger charge is 2.34. The third-order valence-corrected chi connectivity index (χ3v) is 7.41. The van der Waals surface area contributed by atoms with Gasteiger partial charge in [-0.15, -0.1) is 11.8 Å². The Balaban J connectivity index is 1.71. The van der Waals surface area contributed by atoms with Gasteiger partial charge < -0.3 is 5.32 Å². The van der Waals surface area contributed by atoms with Crippen LogP contribution in [0.4, 0.5) is 0 Å². The van der Waals surface area contributed by atoms with Gasteiger partial charge in [-0.2, -0.15) is 11.8 Å². The van der Waals surface area contributed by atoms with Crippen molar-refractivity contribution in [3.8, 4) is 0 Å². The van der Waals surface area contributed by atoms with Crippen molar-refractivity contribution in [2.75, 3.05) is 18.6 Å². The van der Waals surface area contributed by atoms with Gasteiger partial charge in [0.15, 0.2) is 0 Å². The molecule has 20 heavy (non-hydrogen) atoms. The van der Waals surface area contributed by atoms with Gasteiger partial charge in [-0.25, -0.2) is 0 Å². The molecule has 1 saturated carbocycles. The van der Waals surface area contributed by atoms with Crippen molar-refractivity contribution in [3.05, 3.63) is 28.8 Å². The maximum Gasteiger partial charge on any atom is 0.0410 e. The molecule has 1 atom stereocenters. The summed E-state index contributed by atoms with van der Waals surface area (Å²) in [5.74, 6) is 1.21. The molecule has 0 amide bonds. The van der Waals surface area contributed by atoms with E-state index >= 15 is 0 Å². The van der Waals surface area contributed by atoms with E-state index in [2.05, 4.69) is 35.5 Å². The lowest BCUT2D eigenvalue weighted by molar-refractivity contribution is 0.453. The van der Waals surface area contributed by atoms with E-state index in [0.29, 0.717) is 10.8 Å². The van der Waals surface area contributed by atoms with Gasteiger partial charge in [-0.1, -0.05) is 24.4 Å². The minimum Gasteiger partial charge on any atom is -0.308 e. The molecule has 4 heteroatoms. The number of hydrogen-bond donors (Lipinski definition) is 1. The fourth-order valence-electron chi connectivity index (χ4n) is 3.36. The van der Waals surface area contributed by atoms with Gasteiger partial charge in [0.1, 0.15) is 0 Å². The number of thioether (sulfide) groups is 2. The van der Waals surface area contributed by atoms with E-state index in [-0.39, 0.29) is 0 Å². The molecule has 1 aliphatic heterocycles. The third kappa shape index (κ3) is 3.16. The normalized spacial score (nSPS) is 24.6. The van der Waals surface area contributed by atoms with Crippen LogP contribution < -0.4 is 5.32 Å². The van der Waals surface area contributed by atoms with Crippen molar-refractivity contribution < 1.29 is 0 Å². The molecular weight excluding hydrogens is 306 g/mol. The molecule has 2 aliphatic rings. The van der Waals surface area contributed by atoms with Crippen LogP contribution in [0.1, 0.15) is 43.7 Å². The van der Waals surface area contributed by atoms with Gasteiger partial charge in [0.25, 0.3) is 0 Å². The zero-order chi connectivity index (χ0) is 14.0. The zero-order valence-corrected chi connectivity index (χ0v) is 14.3. The van der Waals surface area contributed by atoms with Crippen molar-refractivity contribution in [2.45, 2.75) is 47.8 Å². The van der Waals surface area contributed by atoms with E-state index < -0.39 is 0 Å². The zero-order valence-electron chi connectivity index (χ0n) is 12.0. The molecule has 1 N–H and O–H groups in total. The van der Waals surface area contributed by atoms with Crippen LogP contribution >= 0.6 is 35.1 Å². The standard InChI is InChI=1S/C16H22ClNS2/c1-19-16(7-2-3-8-16)11-18-14-6-9-20-15-5-4-12(17)10-13(14)15/h4-5,10,14,18H,2-3,6-9,11H2,1H3. The van der Waals surface area contributed by atoms with Crippen molar-refractivity contribution in [1.82, 2.24) is 5.32 Å². The van der Waals surface area contributed by atoms with Crippen molar-refractivity contribution >= 4 is 35.1 Å². The molecule has 1 unspecified atom stereocenters. The predicted molar refractivity (Wildman–Crippen MR) is 92.3 cm³/mol. The number of nitrogens with one attached hydrogen (secondary N) is 1. The molecule has 0 spiro atoms. The van der Waals surface area contributed by atoms with Crippen LogP contribution in [0, 0.1) is 0 Å². The first-order valence-corrected chi connectivity index (χ1v) is 10.0. The van der Waals surface area contributed by atoms with Crippen molar-refractivity contribution in [2.24, 2.45) is 0 Å². The van der Waals surface area contributed by atoms with Gasteiger partial charge in [0.2, 0.25) is 0 Å². The topological polar surface area (TPSA) is 12.0 Å². The fraction of sp³-hybridized carbons (Fsp3) is 0.625. The molecule has 1 aromatic rings. The molecule has 1 fully saturated rings. The van der Waals surface area contributed by atoms with E-state index in [9.17, 15) is 0 Å². The smallest absolute Gasteiger partial charge is 0.0410 e. The summed E-state index contributed by atoms with van der Waals surface area (Å²) in [5.41, 5.74) is 1.41. The van der Waals surface area contributed by atoms with Crippen molar-refractivity contribution in [1.29, 1.82) is 0 Å². The minimum absolute atomic E-state index is 0.476. The highest BCUT2D eigenvalue weighted by molar-refractivity contribution is 8.00. The number of rotatable bonds is 4. The SMILES string of the molecule is CSC1(CNC2CCSc3ccc(Cl)cc32)CCCC1. The van der Waals surface area contributed by atoms with Crippen molar-refractivity contribution in [3.63, 3.8) is 0 Å². The van der Waals surface area contributed by atoms with E-state index in [0.717, 1.165) is 11.6 Å². The molecule has 0 aromatic heterocycles. The summed E-state index contributed by atoms with van der Waals surface area (Å²) >= 11 is 10.2. The van der Waals surface area contributed by atoms with Gasteiger partial charge in [-0.05, 0) is 55.0 Å². The first kappa shape index (κ1) is 15.1. The second-order valence-corrected chi connectivity index (χ2v) is 8.69. The summed E-state index contributed by atoms with van der Waals surface area (Å²) in [5, 5.41) is 4.71. The Bertz CT molecular complexity index is 472. The van der Waals surface area contributed by atoms with Gasteiger partial charge >= 0.3 is 0 Å². The monoisotopic (exact) mass is 327 g/mol. The van der Waals surface area contributed by atoms with Gasteiger partial charge in [0.05, 0.1) is 0 Å². The average molecular weight is 328 g/mol. The lowest BCUT2D eigenvalue weighted by Gasteiger charge is -2.32. The molecule has 1 heterocycles. The Hall–Kier alpha value is 0.170. The van der Waals surface area contributed by atoms with Crippen LogP contribution in [-0.2, 0) is 0 Å². The first-order chi connectivity index (χ1) is 9.72. The number of hydrogen-bond acceptors (Lipinski definition) is 3. The first-order valence-electron chi connectivity index (χ1n) is 7.43. The van der Waals surface area contributed by atoms with Crippen LogP contribution in [0.15, 0.2) is 23.1 Å². The second-order valence-electron chi connectivity index (χ2n) is 5.85. The molecule has 0 saturated heterocycles. The summed E-state index contributed by atoms with van der Waals surface area (Å²) in [7, 11) is 0. The summed E-state index contributed by atoms with van der Waals surface area (Å²) in [4.78, 5) is 1.41. The van der Waals surface area contributed by atoms with Crippen LogP contribution in [0.25, 0.3) is 0 Å². The maximum absolute atomic E-state index is 6.18. The number of halogens is 1. The Morgan fingerprint density at radius 3 is 2.95 bits per heavy atom. The average Bonchev–Trinajstić information content (AvgIpc) is 2.94.